The Labute approximate surface area is 307 Å². The molecule has 0 spiro atoms. The van der Waals surface area contributed by atoms with E-state index in [0.717, 1.165) is 49.5 Å². The third-order valence-corrected chi connectivity index (χ3v) is 5.70. The summed E-state index contributed by atoms with van der Waals surface area (Å²) >= 11 is 0. The van der Waals surface area contributed by atoms with Gasteiger partial charge >= 0.3 is 5.97 Å². The van der Waals surface area contributed by atoms with E-state index < -0.39 is 0 Å². The lowest BCUT2D eigenvalue weighted by Crippen LogP contribution is -2.24. The van der Waals surface area contributed by atoms with Crippen LogP contribution in [-0.2, 0) is 20.9 Å². The van der Waals surface area contributed by atoms with Crippen LogP contribution >= 0.6 is 0 Å². The van der Waals surface area contributed by atoms with Gasteiger partial charge in [0.05, 0.1) is 0 Å². The highest BCUT2D eigenvalue weighted by Gasteiger charge is 2.33. The number of nitrogens with two attached hydrogens (primary N) is 1. The Morgan fingerprint density at radius 3 is 1.55 bits per heavy atom. The zero-order valence-electron chi connectivity index (χ0n) is 35.6. The van der Waals surface area contributed by atoms with E-state index >= 15 is 0 Å². The number of amides is 1. The van der Waals surface area contributed by atoms with Gasteiger partial charge in [0.2, 0.25) is 5.91 Å². The van der Waals surface area contributed by atoms with Crippen molar-refractivity contribution in [3.8, 4) is 0 Å². The second kappa shape index (κ2) is 47.4. The summed E-state index contributed by atoms with van der Waals surface area (Å²) in [6, 6.07) is 9.60. The fraction of sp³-hybridized carbons (Fsp3) is 0.721. The van der Waals surface area contributed by atoms with Gasteiger partial charge in [0.1, 0.15) is 6.61 Å². The minimum absolute atomic E-state index is 0.192. The summed E-state index contributed by atoms with van der Waals surface area (Å²) in [6.07, 6.45) is 12.9. The zero-order valence-corrected chi connectivity index (χ0v) is 35.6. The third kappa shape index (κ3) is 72.1. The molecule has 1 aliphatic carbocycles. The number of rotatable bonds is 13. The van der Waals surface area contributed by atoms with E-state index in [1.807, 2.05) is 65.0 Å². The van der Waals surface area contributed by atoms with Gasteiger partial charge in [0.25, 0.3) is 0 Å². The first-order chi connectivity index (χ1) is 23.1. The van der Waals surface area contributed by atoms with Gasteiger partial charge in [-0.1, -0.05) is 159 Å². The quantitative estimate of drug-likeness (QED) is 0.141. The molecular formula is C43H87N3O3. The van der Waals surface area contributed by atoms with Gasteiger partial charge in [-0.3, -0.25) is 9.59 Å². The zero-order chi connectivity index (χ0) is 39.5. The van der Waals surface area contributed by atoms with Gasteiger partial charge < -0.3 is 21.1 Å². The third-order valence-electron chi connectivity index (χ3n) is 5.70. The summed E-state index contributed by atoms with van der Waals surface area (Å²) in [5.41, 5.74) is 8.20. The Morgan fingerprint density at radius 1 is 0.776 bits per heavy atom. The molecule has 6 nitrogen and oxygen atoms in total. The van der Waals surface area contributed by atoms with Crippen molar-refractivity contribution in [2.75, 3.05) is 13.1 Å². The van der Waals surface area contributed by atoms with Crippen molar-refractivity contribution in [2.45, 2.75) is 181 Å². The van der Waals surface area contributed by atoms with Crippen molar-refractivity contribution < 1.29 is 14.3 Å². The number of hydrogen-bond donors (Lipinski definition) is 3. The average molecular weight is 694 g/mol. The van der Waals surface area contributed by atoms with E-state index in [0.29, 0.717) is 24.1 Å². The van der Waals surface area contributed by atoms with Crippen molar-refractivity contribution in [1.29, 1.82) is 0 Å². The molecule has 0 unspecified atom stereocenters. The number of benzene rings is 1. The minimum Gasteiger partial charge on any atom is -0.461 e. The molecule has 0 aliphatic heterocycles. The van der Waals surface area contributed by atoms with Gasteiger partial charge in [-0.15, -0.1) is 0 Å². The summed E-state index contributed by atoms with van der Waals surface area (Å²) in [7, 11) is 0. The lowest BCUT2D eigenvalue weighted by molar-refractivity contribution is -0.142. The molecule has 1 amide bonds. The summed E-state index contributed by atoms with van der Waals surface area (Å²) in [5.74, 6) is 0.998. The number of carbonyl (C=O) groups excluding carboxylic acids is 2. The Morgan fingerprint density at radius 2 is 1.20 bits per heavy atom. The number of nitrogens with one attached hydrogen (secondary N) is 2. The molecule has 1 fully saturated rings. The van der Waals surface area contributed by atoms with Crippen LogP contribution in [0.3, 0.4) is 0 Å². The summed E-state index contributed by atoms with van der Waals surface area (Å²) in [5, 5.41) is 6.12. The highest BCUT2D eigenvalue weighted by Crippen LogP contribution is 2.44. The van der Waals surface area contributed by atoms with Crippen LogP contribution < -0.4 is 16.4 Å². The van der Waals surface area contributed by atoms with Crippen molar-refractivity contribution in [1.82, 2.24) is 10.6 Å². The molecule has 0 aromatic heterocycles. The van der Waals surface area contributed by atoms with Crippen LogP contribution in [0.15, 0.2) is 54.9 Å². The van der Waals surface area contributed by atoms with Crippen LogP contribution in [0.4, 0.5) is 0 Å². The molecule has 1 saturated carbocycles. The van der Waals surface area contributed by atoms with E-state index in [4.69, 9.17) is 10.5 Å². The molecule has 49 heavy (non-hydrogen) atoms. The topological polar surface area (TPSA) is 93.5 Å². The molecule has 0 heterocycles. The predicted octanol–water partition coefficient (Wildman–Crippen LogP) is 12.5. The molecule has 292 valence electrons. The van der Waals surface area contributed by atoms with Crippen LogP contribution in [0.5, 0.6) is 0 Å². The molecule has 0 radical (unpaired) electrons. The van der Waals surface area contributed by atoms with Crippen molar-refractivity contribution in [2.24, 2.45) is 17.1 Å². The molecule has 1 aliphatic rings. The number of esters is 1. The first-order valence-electron chi connectivity index (χ1n) is 19.4. The fourth-order valence-electron chi connectivity index (χ4n) is 3.29. The first-order valence-corrected chi connectivity index (χ1v) is 19.4. The van der Waals surface area contributed by atoms with Crippen molar-refractivity contribution in [3.63, 3.8) is 0 Å². The molecule has 0 saturated heterocycles. The largest absolute Gasteiger partial charge is 0.461 e. The maximum atomic E-state index is 11.4. The number of unbranched alkanes of at least 4 members (excludes halogenated alkanes) is 4. The lowest BCUT2D eigenvalue weighted by Gasteiger charge is -2.15. The number of allylic oxidation sites excluding steroid dienone is 2. The number of carbonyl (C=O) groups is 2. The fourth-order valence-corrected chi connectivity index (χ4v) is 3.29. The van der Waals surface area contributed by atoms with Crippen molar-refractivity contribution >= 4 is 11.9 Å². The monoisotopic (exact) mass is 694 g/mol. The normalized spacial score (nSPS) is 10.3. The van der Waals surface area contributed by atoms with Gasteiger partial charge in [-0.05, 0) is 68.5 Å². The molecule has 4 N–H and O–H groups in total. The molecule has 1 aromatic carbocycles. The standard InChI is InChI=1S/C14H28N2O.C9H10O2.C7H14.C3H7N.2C3H8.2C2H6/c1-4-5-6-8-12-16-14(17)10-7-9-11-15-13(2)3;1-8(10)11-7-9-5-3-2-4-6-9;1-7(2,3)6-4-5-6;1-3(2)4;2*1-3-2;2*1-2/h15H,2,4-12H2,1,3H3,(H,16,17);2-6H,7H2,1H3;6H,4-5H2,1-3H3;1,4H2,2H3;2*3H2,1-2H3;2*1-2H3. The minimum atomic E-state index is -0.242. The van der Waals surface area contributed by atoms with Gasteiger partial charge in [-0.2, -0.15) is 0 Å². The van der Waals surface area contributed by atoms with Gasteiger partial charge in [-0.25, -0.2) is 0 Å². The molecule has 0 atom stereocenters. The van der Waals surface area contributed by atoms with E-state index in [9.17, 15) is 9.59 Å². The summed E-state index contributed by atoms with van der Waals surface area (Å²) < 4.78 is 4.79. The molecular weight excluding hydrogens is 606 g/mol. The second-order valence-electron chi connectivity index (χ2n) is 12.7. The van der Waals surface area contributed by atoms with Crippen LogP contribution in [-0.4, -0.2) is 25.0 Å². The maximum Gasteiger partial charge on any atom is 0.302 e. The van der Waals surface area contributed by atoms with E-state index in [1.54, 1.807) is 6.92 Å². The van der Waals surface area contributed by atoms with Crippen LogP contribution in [0.1, 0.15) is 180 Å². The Kier molecular flexibility index (Phi) is 56.5. The molecule has 6 heteroatoms. The Balaban J connectivity index is -0.000000124. The lowest BCUT2D eigenvalue weighted by atomic mass is 9.91. The second-order valence-corrected chi connectivity index (χ2v) is 12.7. The Hall–Kier alpha value is -2.76. The smallest absolute Gasteiger partial charge is 0.302 e. The predicted molar refractivity (Wildman–Crippen MR) is 222 cm³/mol. The maximum absolute atomic E-state index is 11.4. The van der Waals surface area contributed by atoms with E-state index in [-0.39, 0.29) is 11.9 Å². The van der Waals surface area contributed by atoms with Gasteiger partial charge in [0, 0.05) is 32.1 Å². The summed E-state index contributed by atoms with van der Waals surface area (Å²) in [6.45, 7) is 40.0. The van der Waals surface area contributed by atoms with Crippen molar-refractivity contribution in [3.05, 3.63) is 60.4 Å². The SMILES string of the molecule is C=C(C)N.C=C(C)NCCCCC(=O)NCCCCCC.CC.CC.CC(=O)OCc1ccccc1.CC(C)(C)C1CC1.CCC.CCC. The van der Waals surface area contributed by atoms with Crippen LogP contribution in [0.2, 0.25) is 0 Å². The number of hydrogen-bond acceptors (Lipinski definition) is 5. The molecule has 0 bridgehead atoms. The van der Waals surface area contributed by atoms with E-state index in [1.165, 1.54) is 51.9 Å². The summed E-state index contributed by atoms with van der Waals surface area (Å²) in [4.78, 5) is 21.8. The molecule has 1 aromatic rings. The highest BCUT2D eigenvalue weighted by molar-refractivity contribution is 5.75. The Bertz CT molecular complexity index is 807. The van der Waals surface area contributed by atoms with E-state index in [2.05, 4.69) is 79.2 Å². The van der Waals surface area contributed by atoms with Gasteiger partial charge in [0.15, 0.2) is 0 Å². The molecule has 2 rings (SSSR count). The first kappa shape index (κ1) is 58.4. The van der Waals surface area contributed by atoms with Crippen LogP contribution in [0, 0.1) is 11.3 Å². The highest BCUT2D eigenvalue weighted by atomic mass is 16.5. The number of ether oxygens (including phenoxy) is 1. The average Bonchev–Trinajstić information content (AvgIpc) is 3.90. The van der Waals surface area contributed by atoms with Crippen LogP contribution in [0.25, 0.3) is 0 Å².